The summed E-state index contributed by atoms with van der Waals surface area (Å²) in [5.74, 6) is -33.8. The molecule has 0 bridgehead atoms. The smallest absolute Gasteiger partial charge is 0.318 e. The number of ether oxygens (including phenoxy) is 3. The Labute approximate surface area is 804 Å². The number of hydrogen-bond donors (Lipinski definition) is 8. The van der Waals surface area contributed by atoms with Gasteiger partial charge < -0.3 is 45.3 Å². The van der Waals surface area contributed by atoms with E-state index in [2.05, 4.69) is 20.1 Å². The van der Waals surface area contributed by atoms with Crippen LogP contribution < -0.4 is 29.6 Å². The van der Waals surface area contributed by atoms with Gasteiger partial charge in [0, 0.05) is 62.5 Å². The van der Waals surface area contributed by atoms with Crippen molar-refractivity contribution in [2.24, 2.45) is 65.1 Å². The largest absolute Gasteiger partial charge is 0.507 e. The number of carbonyl (C=O) groups excluding carboxylic acids is 10. The molecule has 3 aliphatic heterocycles. The minimum absolute atomic E-state index is 0.0688. The summed E-state index contributed by atoms with van der Waals surface area (Å²) in [7, 11) is -6.96. The van der Waals surface area contributed by atoms with Crippen molar-refractivity contribution < 1.29 is 109 Å². The number of benzene rings is 9. The molecule has 6 amide bonds. The number of carboxylic acids is 2. The van der Waals surface area contributed by atoms with E-state index in [4.69, 9.17) is 14.2 Å². The van der Waals surface area contributed by atoms with Gasteiger partial charge in [-0.1, -0.05) is 259 Å². The summed E-state index contributed by atoms with van der Waals surface area (Å²) in [5.41, 5.74) is 3.35. The van der Waals surface area contributed by atoms with Crippen LogP contribution in [-0.4, -0.2) is 171 Å². The van der Waals surface area contributed by atoms with Crippen molar-refractivity contribution in [1.29, 1.82) is 0 Å². The molecule has 0 aromatic heterocycles. The SMILES string of the molecule is CCCCN1C(=O)C(CC(c2ccccc2)C(C(=O)NCC(C)CC)C(CC(c2ccccc2)C2C(=O)OC(=O)C2C)C(=O)O)C(C(CC2C(=O)N(CCCNS(=O)(=O)c3cc(C(=O)c4ccc(C)cc4)c(O)cc3OC)C(=O)C2C(CC(C(=O)O)C(C(=O)NCCCNS(=O)(=O)c2cc(C(=O)c3ccc(C)cc3)c(O)cc2OC)C(CC)c2ccccc2)c2ccccc2)c2ccccc2)C1=O. The van der Waals surface area contributed by atoms with Crippen LogP contribution in [0.4, 0.5) is 0 Å². The fourth-order valence-corrected chi connectivity index (χ4v) is 22.4. The number of ketones is 2. The second kappa shape index (κ2) is 46.7. The van der Waals surface area contributed by atoms with Gasteiger partial charge in [0.05, 0.1) is 84.5 Å². The Bertz CT molecular complexity index is 6140. The van der Waals surface area contributed by atoms with Crippen molar-refractivity contribution in [3.8, 4) is 23.0 Å². The van der Waals surface area contributed by atoms with Gasteiger partial charge in [-0.25, -0.2) is 26.3 Å². The second-order valence-corrected chi connectivity index (χ2v) is 39.7. The normalized spacial score (nSPS) is 18.9. The predicted octanol–water partition coefficient (Wildman–Crippen LogP) is 14.4. The third-order valence-corrected chi connectivity index (χ3v) is 30.5. The number of rotatable bonds is 49. The molecule has 3 heterocycles. The Kier molecular flexibility index (Phi) is 35.0. The average Bonchev–Trinajstić information content (AvgIpc) is 1.64. The molecule has 3 aliphatic rings. The highest BCUT2D eigenvalue weighted by molar-refractivity contribution is 7.90. The van der Waals surface area contributed by atoms with Crippen molar-refractivity contribution in [3.63, 3.8) is 0 Å². The number of methoxy groups -OCH3 is 2. The van der Waals surface area contributed by atoms with E-state index in [1.807, 2.05) is 27.7 Å². The minimum atomic E-state index is -4.73. The molecule has 12 rings (SSSR count). The van der Waals surface area contributed by atoms with Gasteiger partial charge in [0.2, 0.25) is 55.5 Å². The predicted molar refractivity (Wildman–Crippen MR) is 514 cm³/mol. The highest BCUT2D eigenvalue weighted by Gasteiger charge is 2.59. The number of aromatic hydroxyl groups is 2. The van der Waals surface area contributed by atoms with Gasteiger partial charge in [-0.2, -0.15) is 0 Å². The van der Waals surface area contributed by atoms with Crippen LogP contribution in [0.2, 0.25) is 0 Å². The van der Waals surface area contributed by atoms with Gasteiger partial charge in [0.25, 0.3) is 0 Å². The Morgan fingerprint density at radius 3 is 1.23 bits per heavy atom. The number of aryl methyl sites for hydroxylation is 2. The summed E-state index contributed by atoms with van der Waals surface area (Å²) >= 11 is 0. The molecular weight excluding hydrogens is 1800 g/mol. The Morgan fingerprint density at radius 1 is 0.442 bits per heavy atom. The lowest BCUT2D eigenvalue weighted by Gasteiger charge is -2.37. The Balaban J connectivity index is 0.962. The van der Waals surface area contributed by atoms with Gasteiger partial charge in [-0.15, -0.1) is 0 Å². The molecular formula is C107H120N6O23S2. The number of carbonyl (C=O) groups is 12. The van der Waals surface area contributed by atoms with Gasteiger partial charge in [0.15, 0.2) is 11.6 Å². The van der Waals surface area contributed by atoms with E-state index < -0.39 is 240 Å². The number of nitrogens with one attached hydrogen (secondary N) is 4. The Hall–Kier alpha value is -13.4. The van der Waals surface area contributed by atoms with Crippen molar-refractivity contribution >= 4 is 90.9 Å². The lowest BCUT2D eigenvalue weighted by molar-refractivity contribution is -0.155. The van der Waals surface area contributed by atoms with Crippen LogP contribution in [-0.2, 0) is 72.7 Å². The zero-order valence-corrected chi connectivity index (χ0v) is 80.3. The molecule has 0 spiro atoms. The zero-order chi connectivity index (χ0) is 99.6. The topological polar surface area (TPSA) is 436 Å². The number of likely N-dealkylation sites (tertiary alicyclic amines) is 2. The maximum atomic E-state index is 16.8. The van der Waals surface area contributed by atoms with Crippen molar-refractivity contribution in [2.75, 3.05) is 53.5 Å². The third kappa shape index (κ3) is 23.7. The van der Waals surface area contributed by atoms with Crippen molar-refractivity contribution in [3.05, 3.63) is 286 Å². The highest BCUT2D eigenvalue weighted by Crippen LogP contribution is 2.54. The minimum Gasteiger partial charge on any atom is -0.507 e. The van der Waals surface area contributed by atoms with E-state index in [-0.39, 0.29) is 85.1 Å². The molecule has 0 radical (unpaired) electrons. The lowest BCUT2D eigenvalue weighted by atomic mass is 9.64. The number of unbranched alkanes of at least 4 members (excludes halogenated alkanes) is 1. The summed E-state index contributed by atoms with van der Waals surface area (Å²) in [5, 5.41) is 52.5. The van der Waals surface area contributed by atoms with Crippen LogP contribution in [0.1, 0.15) is 199 Å². The number of sulfonamides is 2. The number of aliphatic carboxylic acids is 2. The molecule has 9 aromatic carbocycles. The fraction of sp³-hybridized carbons (Fsp3) is 0.383. The summed E-state index contributed by atoms with van der Waals surface area (Å²) in [6.07, 6.45) is -0.814. The highest BCUT2D eigenvalue weighted by atomic mass is 32.2. The standard InChI is InChI=1S/C107H120N6O23S2/c1-10-13-52-112-100(120)81(54-76(69-35-23-16-24-36-69)93(99(119)109-62-63(4)11-2)84(105(126)127)56-75(68-33-21-15-22-34-68)91-66(7)106(128)136-107(91)129)94(102(112)122)77(70-37-25-17-26-38-70)55-82-95(103(123)113(101(82)121)53-30-51-111-138(132,133)90-59-80(86(115)61-88(90)135-9)97(117)73-47-43-65(6)44-48-73)78(71-39-27-18-28-40-71)57-83(104(124)125)92(74(12-3)67-31-19-14-20-32-67)98(118)108-49-29-50-110-137(130,131)89-58-79(85(114)60-87(89)134-8)96(116)72-45-41-64(5)42-46-72/h14-28,31-48,58-61,63,66,74-78,81-84,91-95,110-111,114-115H,10-13,29-30,49-57,62H2,1-9H3,(H,108,118)(H,109,119)(H,124,125)(H,126,127). The summed E-state index contributed by atoms with van der Waals surface area (Å²) in [4.78, 5) is 185. The van der Waals surface area contributed by atoms with Crippen LogP contribution in [0, 0.1) is 78.9 Å². The molecule has 0 aliphatic carbocycles. The van der Waals surface area contributed by atoms with Gasteiger partial charge in [-0.05, 0) is 141 Å². The van der Waals surface area contributed by atoms with E-state index in [9.17, 15) is 61.2 Å². The number of imide groups is 2. The molecule has 3 saturated heterocycles. The van der Waals surface area contributed by atoms with Gasteiger partial charge >= 0.3 is 23.9 Å². The van der Waals surface area contributed by atoms with E-state index in [0.717, 1.165) is 52.3 Å². The molecule has 31 heteroatoms. The first-order valence-electron chi connectivity index (χ1n) is 46.8. The number of esters is 2. The fourth-order valence-electron chi connectivity index (χ4n) is 19.9. The van der Waals surface area contributed by atoms with E-state index in [1.54, 1.807) is 190 Å². The van der Waals surface area contributed by atoms with E-state index in [0.29, 0.717) is 47.1 Å². The monoisotopic (exact) mass is 1920 g/mol. The Morgan fingerprint density at radius 2 is 0.826 bits per heavy atom. The molecule has 9 aromatic rings. The molecule has 16 unspecified atom stereocenters. The van der Waals surface area contributed by atoms with Crippen LogP contribution in [0.25, 0.3) is 0 Å². The van der Waals surface area contributed by atoms with E-state index in [1.165, 1.54) is 38.3 Å². The molecule has 16 atom stereocenters. The number of carboxylic acid groups (broad SMARTS) is 2. The zero-order valence-electron chi connectivity index (χ0n) is 78.7. The van der Waals surface area contributed by atoms with Gasteiger partial charge in [0.1, 0.15) is 32.8 Å². The number of phenolic OH excluding ortho intramolecular Hbond substituents is 2. The maximum Gasteiger partial charge on any atom is 0.318 e. The molecule has 728 valence electrons. The van der Waals surface area contributed by atoms with Crippen molar-refractivity contribution in [1.82, 2.24) is 29.9 Å². The number of hydrogen-bond acceptors (Lipinski definition) is 21. The lowest BCUT2D eigenvalue weighted by Crippen LogP contribution is -2.45. The van der Waals surface area contributed by atoms with Crippen LogP contribution in [0.5, 0.6) is 23.0 Å². The molecule has 8 N–H and O–H groups in total. The van der Waals surface area contributed by atoms with Crippen LogP contribution in [0.3, 0.4) is 0 Å². The quantitative estimate of drug-likeness (QED) is 0.00577. The molecule has 0 saturated carbocycles. The molecule has 138 heavy (non-hydrogen) atoms. The van der Waals surface area contributed by atoms with Crippen molar-refractivity contribution in [2.45, 2.75) is 152 Å². The van der Waals surface area contributed by atoms with E-state index >= 15 is 33.6 Å². The third-order valence-electron chi connectivity index (χ3n) is 27.5. The average molecular weight is 1920 g/mol. The summed E-state index contributed by atoms with van der Waals surface area (Å²) in [6, 6.07) is 59.1. The summed E-state index contributed by atoms with van der Waals surface area (Å²) in [6.45, 7) is 10.9. The number of nitrogens with zero attached hydrogens (tertiary/aromatic N) is 2. The van der Waals surface area contributed by atoms with Crippen LogP contribution in [0.15, 0.2) is 234 Å². The molecule has 29 nitrogen and oxygen atoms in total. The number of phenols is 2. The van der Waals surface area contributed by atoms with Crippen LogP contribution >= 0.6 is 0 Å². The number of amides is 6. The molecule has 3 fully saturated rings. The first-order chi connectivity index (χ1) is 66.1. The first kappa shape index (κ1) is 104. The second-order valence-electron chi connectivity index (χ2n) is 36.2. The maximum absolute atomic E-state index is 16.8. The summed E-state index contributed by atoms with van der Waals surface area (Å²) < 4.78 is 79.2. The van der Waals surface area contributed by atoms with Gasteiger partial charge in [-0.3, -0.25) is 67.3 Å². The number of cyclic esters (lactones) is 2. The first-order valence-corrected chi connectivity index (χ1v) is 49.8.